The largest absolute Gasteiger partial charge is 0.313 e. The average Bonchev–Trinajstić information content (AvgIpc) is 3.53. The zero-order valence-electron chi connectivity index (χ0n) is 22.1. The van der Waals surface area contributed by atoms with Gasteiger partial charge in [0.05, 0.1) is 15.1 Å². The first kappa shape index (κ1) is 26.6. The van der Waals surface area contributed by atoms with Crippen molar-refractivity contribution in [2.75, 3.05) is 31.5 Å². The number of thiazole rings is 1. The first-order chi connectivity index (χ1) is 18.8. The summed E-state index contributed by atoms with van der Waals surface area (Å²) in [5.41, 5.74) is 3.69. The molecule has 0 spiro atoms. The number of anilines is 1. The number of carbonyl (C=O) groups is 1. The van der Waals surface area contributed by atoms with Crippen molar-refractivity contribution in [2.24, 2.45) is 5.92 Å². The molecule has 0 atom stereocenters. The number of piperidine rings is 1. The number of fused-ring (bicyclic) bond motifs is 2. The number of para-hydroxylation sites is 1. The Hall–Kier alpha value is -2.63. The maximum Gasteiger partial charge on any atom is 0.256 e. The fraction of sp³-hybridized carbons (Fsp3) is 0.379. The summed E-state index contributed by atoms with van der Waals surface area (Å²) in [5, 5.41) is 4.88. The standard InChI is InChI=1S/C29H32N4O3S3/c1-3-32-15-14-22-25(18-32)38-29(26(22)28-30-23-6-4-5-7-24(23)37-28)31-27(34)20-8-10-21(11-9-20)39(35,36)33-16-12-19(2)13-17-33/h4-11,19H,3,12-18H2,1-2H3,(H,31,34). The molecule has 2 aliphatic heterocycles. The third-order valence-corrected chi connectivity index (χ3v) is 11.9. The highest BCUT2D eigenvalue weighted by Crippen LogP contribution is 2.45. The summed E-state index contributed by atoms with van der Waals surface area (Å²) in [6, 6.07) is 14.4. The molecule has 1 N–H and O–H groups in total. The van der Waals surface area contributed by atoms with Crippen molar-refractivity contribution in [1.29, 1.82) is 0 Å². The number of hydrogen-bond acceptors (Lipinski definition) is 7. The SMILES string of the molecule is CCN1CCc2c(sc(NC(=O)c3ccc(S(=O)(=O)N4CCC(C)CC4)cc3)c2-c2nc3ccccc3s2)C1. The van der Waals surface area contributed by atoms with Crippen molar-refractivity contribution in [3.63, 3.8) is 0 Å². The summed E-state index contributed by atoms with van der Waals surface area (Å²) in [6.07, 6.45) is 2.66. The van der Waals surface area contributed by atoms with Gasteiger partial charge in [-0.05, 0) is 73.7 Å². The Bertz CT molecular complexity index is 1580. The van der Waals surface area contributed by atoms with Gasteiger partial charge in [-0.2, -0.15) is 4.31 Å². The highest BCUT2D eigenvalue weighted by molar-refractivity contribution is 7.89. The third-order valence-electron chi connectivity index (χ3n) is 7.81. The molecule has 1 amide bonds. The van der Waals surface area contributed by atoms with Gasteiger partial charge in [0.1, 0.15) is 10.0 Å². The van der Waals surface area contributed by atoms with Crippen molar-refractivity contribution < 1.29 is 13.2 Å². The second-order valence-corrected chi connectivity index (χ2v) is 14.5. The van der Waals surface area contributed by atoms with Gasteiger partial charge in [-0.15, -0.1) is 22.7 Å². The number of nitrogens with one attached hydrogen (secondary N) is 1. The average molecular weight is 581 g/mol. The van der Waals surface area contributed by atoms with Gasteiger partial charge in [0.2, 0.25) is 10.0 Å². The fourth-order valence-electron chi connectivity index (χ4n) is 5.35. The topological polar surface area (TPSA) is 82.6 Å². The van der Waals surface area contributed by atoms with Crippen LogP contribution < -0.4 is 5.32 Å². The van der Waals surface area contributed by atoms with E-state index >= 15 is 0 Å². The minimum absolute atomic E-state index is 0.231. The number of benzene rings is 2. The second-order valence-electron chi connectivity index (χ2n) is 10.4. The molecule has 4 aromatic rings. The van der Waals surface area contributed by atoms with E-state index in [1.165, 1.54) is 10.4 Å². The van der Waals surface area contributed by atoms with Crippen LogP contribution in [0.15, 0.2) is 53.4 Å². The molecule has 10 heteroatoms. The lowest BCUT2D eigenvalue weighted by Crippen LogP contribution is -2.37. The monoisotopic (exact) mass is 580 g/mol. The first-order valence-corrected chi connectivity index (χ1v) is 16.5. The molecule has 4 heterocycles. The molecule has 0 aliphatic carbocycles. The van der Waals surface area contributed by atoms with Gasteiger partial charge in [0.15, 0.2) is 0 Å². The van der Waals surface area contributed by atoms with E-state index in [9.17, 15) is 13.2 Å². The number of thiophene rings is 1. The quantitative estimate of drug-likeness (QED) is 0.299. The number of likely N-dealkylation sites (N-methyl/N-ethyl adjacent to an activating group) is 1. The number of hydrogen-bond donors (Lipinski definition) is 1. The van der Waals surface area contributed by atoms with Gasteiger partial charge in [0.25, 0.3) is 5.91 Å². The predicted octanol–water partition coefficient (Wildman–Crippen LogP) is 6.08. The predicted molar refractivity (Wildman–Crippen MR) is 159 cm³/mol. The van der Waals surface area contributed by atoms with Crippen LogP contribution in [0.4, 0.5) is 5.00 Å². The molecule has 204 valence electrons. The van der Waals surface area contributed by atoms with Crippen LogP contribution in [0.25, 0.3) is 20.8 Å². The van der Waals surface area contributed by atoms with E-state index in [4.69, 9.17) is 4.98 Å². The van der Waals surface area contributed by atoms with E-state index in [0.29, 0.717) is 24.6 Å². The Morgan fingerprint density at radius 1 is 1.05 bits per heavy atom. The van der Waals surface area contributed by atoms with E-state index < -0.39 is 10.0 Å². The molecule has 0 bridgehead atoms. The molecular weight excluding hydrogens is 549 g/mol. The molecule has 2 aromatic carbocycles. The summed E-state index contributed by atoms with van der Waals surface area (Å²) in [6.45, 7) is 8.25. The van der Waals surface area contributed by atoms with Crippen LogP contribution in [0.1, 0.15) is 47.5 Å². The molecule has 1 fully saturated rings. The number of aromatic nitrogens is 1. The van der Waals surface area contributed by atoms with Crippen LogP contribution >= 0.6 is 22.7 Å². The highest BCUT2D eigenvalue weighted by atomic mass is 32.2. The summed E-state index contributed by atoms with van der Waals surface area (Å²) < 4.78 is 28.9. The Balaban J connectivity index is 1.28. The van der Waals surface area contributed by atoms with E-state index in [0.717, 1.165) is 64.7 Å². The van der Waals surface area contributed by atoms with Gasteiger partial charge in [0, 0.05) is 42.2 Å². The van der Waals surface area contributed by atoms with E-state index in [-0.39, 0.29) is 10.8 Å². The van der Waals surface area contributed by atoms with Gasteiger partial charge in [-0.3, -0.25) is 9.69 Å². The lowest BCUT2D eigenvalue weighted by Gasteiger charge is -2.29. The number of rotatable bonds is 6. The van der Waals surface area contributed by atoms with Gasteiger partial charge < -0.3 is 5.32 Å². The van der Waals surface area contributed by atoms with Crippen molar-refractivity contribution >= 4 is 53.8 Å². The summed E-state index contributed by atoms with van der Waals surface area (Å²) in [5.74, 6) is 0.294. The Labute approximate surface area is 237 Å². The van der Waals surface area contributed by atoms with Crippen LogP contribution in [0.3, 0.4) is 0 Å². The first-order valence-electron chi connectivity index (χ1n) is 13.5. The zero-order chi connectivity index (χ0) is 27.1. The van der Waals surface area contributed by atoms with Crippen LogP contribution in [0.5, 0.6) is 0 Å². The lowest BCUT2D eigenvalue weighted by molar-refractivity contribution is 0.102. The van der Waals surface area contributed by atoms with E-state index in [1.807, 2.05) is 18.2 Å². The number of carbonyl (C=O) groups excluding carboxylic acids is 1. The molecule has 0 radical (unpaired) electrons. The molecule has 6 rings (SSSR count). The van der Waals surface area contributed by atoms with Crippen molar-refractivity contribution in [3.05, 3.63) is 64.5 Å². The normalized spacial score (nSPS) is 17.4. The number of nitrogens with zero attached hydrogens (tertiary/aromatic N) is 3. The highest BCUT2D eigenvalue weighted by Gasteiger charge is 2.29. The maximum atomic E-state index is 13.4. The second kappa shape index (κ2) is 10.7. The van der Waals surface area contributed by atoms with Gasteiger partial charge in [-0.25, -0.2) is 13.4 Å². The Morgan fingerprint density at radius 2 is 1.79 bits per heavy atom. The summed E-state index contributed by atoms with van der Waals surface area (Å²) in [7, 11) is -3.56. The van der Waals surface area contributed by atoms with E-state index in [2.05, 4.69) is 30.1 Å². The molecule has 2 aromatic heterocycles. The van der Waals surface area contributed by atoms with Crippen molar-refractivity contribution in [3.8, 4) is 10.6 Å². The third kappa shape index (κ3) is 5.16. The summed E-state index contributed by atoms with van der Waals surface area (Å²) >= 11 is 3.27. The smallest absolute Gasteiger partial charge is 0.256 e. The molecule has 39 heavy (non-hydrogen) atoms. The molecule has 0 unspecified atom stereocenters. The Kier molecular flexibility index (Phi) is 7.32. The summed E-state index contributed by atoms with van der Waals surface area (Å²) in [4.78, 5) is 22.2. The van der Waals surface area contributed by atoms with Crippen molar-refractivity contribution in [1.82, 2.24) is 14.2 Å². The zero-order valence-corrected chi connectivity index (χ0v) is 24.6. The molecule has 1 saturated heterocycles. The minimum Gasteiger partial charge on any atom is -0.313 e. The maximum absolute atomic E-state index is 13.4. The van der Waals surface area contributed by atoms with Gasteiger partial charge in [-0.1, -0.05) is 26.0 Å². The van der Waals surface area contributed by atoms with Crippen LogP contribution in [-0.4, -0.2) is 54.7 Å². The number of amides is 1. The van der Waals surface area contributed by atoms with Crippen LogP contribution in [-0.2, 0) is 23.0 Å². The fourth-order valence-corrected chi connectivity index (χ4v) is 9.21. The minimum atomic E-state index is -3.56. The number of sulfonamides is 1. The Morgan fingerprint density at radius 3 is 2.51 bits per heavy atom. The molecule has 0 saturated carbocycles. The molecule has 2 aliphatic rings. The lowest BCUT2D eigenvalue weighted by atomic mass is 10.0. The van der Waals surface area contributed by atoms with E-state index in [1.54, 1.807) is 51.2 Å². The van der Waals surface area contributed by atoms with Gasteiger partial charge >= 0.3 is 0 Å². The van der Waals surface area contributed by atoms with Crippen molar-refractivity contribution in [2.45, 2.75) is 44.6 Å². The van der Waals surface area contributed by atoms with Crippen LogP contribution in [0.2, 0.25) is 0 Å². The van der Waals surface area contributed by atoms with Crippen LogP contribution in [0, 0.1) is 5.92 Å². The molecular formula is C29H32N4O3S3. The molecule has 7 nitrogen and oxygen atoms in total.